The number of nitrogens with one attached hydrogen (secondary N) is 1. The maximum atomic E-state index is 12.2. The Kier molecular flexibility index (Phi) is 6.40. The predicted octanol–water partition coefficient (Wildman–Crippen LogP) is 3.19. The Labute approximate surface area is 164 Å². The number of ether oxygens (including phenoxy) is 1. The zero-order chi connectivity index (χ0) is 19.2. The molecule has 0 unspecified atom stereocenters. The number of methoxy groups -OCH3 is 1. The summed E-state index contributed by atoms with van der Waals surface area (Å²) in [6.45, 7) is 2.97. The van der Waals surface area contributed by atoms with Gasteiger partial charge in [-0.15, -0.1) is 11.8 Å². The van der Waals surface area contributed by atoms with Crippen molar-refractivity contribution in [3.8, 4) is 5.75 Å². The first-order chi connectivity index (χ1) is 13.1. The third-order valence-corrected chi connectivity index (χ3v) is 5.57. The molecule has 1 aliphatic rings. The minimum Gasteiger partial charge on any atom is -0.496 e. The highest BCUT2D eigenvalue weighted by atomic mass is 32.2. The van der Waals surface area contributed by atoms with E-state index in [1.165, 1.54) is 0 Å². The van der Waals surface area contributed by atoms with Gasteiger partial charge in [-0.1, -0.05) is 29.8 Å². The Morgan fingerprint density at radius 3 is 2.89 bits per heavy atom. The Hall–Kier alpha value is -2.47. The number of thioether (sulfide) groups is 1. The van der Waals surface area contributed by atoms with Crippen molar-refractivity contribution in [1.29, 1.82) is 0 Å². The molecule has 0 radical (unpaired) electrons. The number of nitrogens with zero attached hydrogens (tertiary/aromatic N) is 1. The van der Waals surface area contributed by atoms with Crippen LogP contribution in [0.2, 0.25) is 0 Å². The minimum absolute atomic E-state index is 0.0508. The summed E-state index contributed by atoms with van der Waals surface area (Å²) in [6, 6.07) is 13.9. The second-order valence-electron chi connectivity index (χ2n) is 6.47. The minimum atomic E-state index is -0.0508. The molecule has 0 saturated carbocycles. The van der Waals surface area contributed by atoms with Gasteiger partial charge in [-0.05, 0) is 37.1 Å². The van der Waals surface area contributed by atoms with E-state index in [0.717, 1.165) is 27.5 Å². The van der Waals surface area contributed by atoms with Gasteiger partial charge in [0, 0.05) is 24.4 Å². The van der Waals surface area contributed by atoms with Crippen LogP contribution in [0.3, 0.4) is 0 Å². The molecular weight excluding hydrogens is 360 g/mol. The number of anilines is 1. The second kappa shape index (κ2) is 8.95. The van der Waals surface area contributed by atoms with Gasteiger partial charge in [0.1, 0.15) is 5.75 Å². The smallest absolute Gasteiger partial charge is 0.237 e. The van der Waals surface area contributed by atoms with Crippen LogP contribution in [0.15, 0.2) is 47.4 Å². The molecule has 0 atom stereocenters. The van der Waals surface area contributed by atoms with E-state index in [1.807, 2.05) is 43.3 Å². The SMILES string of the molecule is COc1ccc(C)cc1CCNC(=O)CCN1C(=O)CSc2ccccc21. The van der Waals surface area contributed by atoms with Gasteiger partial charge in [0.15, 0.2) is 0 Å². The first kappa shape index (κ1) is 19.3. The largest absolute Gasteiger partial charge is 0.496 e. The average Bonchev–Trinajstić information content (AvgIpc) is 2.67. The summed E-state index contributed by atoms with van der Waals surface area (Å²) in [4.78, 5) is 27.3. The van der Waals surface area contributed by atoms with Gasteiger partial charge in [0.2, 0.25) is 11.8 Å². The maximum Gasteiger partial charge on any atom is 0.237 e. The number of aryl methyl sites for hydroxylation is 1. The summed E-state index contributed by atoms with van der Waals surface area (Å²) in [5, 5.41) is 2.94. The molecule has 0 fully saturated rings. The Bertz CT molecular complexity index is 838. The molecule has 2 aromatic carbocycles. The van der Waals surface area contributed by atoms with Crippen molar-refractivity contribution < 1.29 is 14.3 Å². The summed E-state index contributed by atoms with van der Waals surface area (Å²) in [7, 11) is 1.65. The van der Waals surface area contributed by atoms with Crippen molar-refractivity contribution >= 4 is 29.3 Å². The predicted molar refractivity (Wildman–Crippen MR) is 109 cm³/mol. The van der Waals surface area contributed by atoms with Crippen LogP contribution in [0, 0.1) is 6.92 Å². The normalized spacial score (nSPS) is 13.3. The standard InChI is InChI=1S/C21H24N2O3S/c1-15-7-8-18(26-2)16(13-15)9-11-22-20(24)10-12-23-17-5-3-4-6-19(17)27-14-21(23)25/h3-8,13H,9-12,14H2,1-2H3,(H,22,24). The highest BCUT2D eigenvalue weighted by molar-refractivity contribution is 8.00. The molecule has 0 aromatic heterocycles. The van der Waals surface area contributed by atoms with Crippen LogP contribution in [0.4, 0.5) is 5.69 Å². The monoisotopic (exact) mass is 384 g/mol. The first-order valence-corrected chi connectivity index (χ1v) is 9.99. The van der Waals surface area contributed by atoms with Crippen molar-refractivity contribution in [1.82, 2.24) is 5.32 Å². The van der Waals surface area contributed by atoms with Crippen molar-refractivity contribution in [2.75, 3.05) is 30.9 Å². The van der Waals surface area contributed by atoms with Crippen LogP contribution in [-0.4, -0.2) is 37.8 Å². The number of hydrogen-bond acceptors (Lipinski definition) is 4. The second-order valence-corrected chi connectivity index (χ2v) is 7.48. The molecule has 0 saturated heterocycles. The fourth-order valence-electron chi connectivity index (χ4n) is 3.14. The molecule has 0 aliphatic carbocycles. The van der Waals surface area contributed by atoms with Crippen LogP contribution in [-0.2, 0) is 16.0 Å². The lowest BCUT2D eigenvalue weighted by atomic mass is 10.1. The number of fused-ring (bicyclic) bond motifs is 1. The van der Waals surface area contributed by atoms with Gasteiger partial charge < -0.3 is 15.0 Å². The Balaban J connectivity index is 1.51. The van der Waals surface area contributed by atoms with Crippen LogP contribution in [0.1, 0.15) is 17.5 Å². The molecule has 1 heterocycles. The quantitative estimate of drug-likeness (QED) is 0.797. The lowest BCUT2D eigenvalue weighted by molar-refractivity contribution is -0.121. The van der Waals surface area contributed by atoms with E-state index in [4.69, 9.17) is 4.74 Å². The fourth-order valence-corrected chi connectivity index (χ4v) is 4.08. The van der Waals surface area contributed by atoms with E-state index >= 15 is 0 Å². The van der Waals surface area contributed by atoms with Gasteiger partial charge in [-0.3, -0.25) is 9.59 Å². The summed E-state index contributed by atoms with van der Waals surface area (Å²) >= 11 is 1.55. The lowest BCUT2D eigenvalue weighted by Gasteiger charge is -2.28. The maximum absolute atomic E-state index is 12.2. The highest BCUT2D eigenvalue weighted by Crippen LogP contribution is 2.34. The van der Waals surface area contributed by atoms with Crippen molar-refractivity contribution in [2.24, 2.45) is 0 Å². The summed E-state index contributed by atoms with van der Waals surface area (Å²) in [6.07, 6.45) is 0.994. The number of rotatable bonds is 7. The summed E-state index contributed by atoms with van der Waals surface area (Å²) in [5.41, 5.74) is 3.14. The molecule has 3 rings (SSSR count). The van der Waals surface area contributed by atoms with Gasteiger partial charge in [-0.2, -0.15) is 0 Å². The molecule has 6 heteroatoms. The molecule has 0 spiro atoms. The molecule has 27 heavy (non-hydrogen) atoms. The average molecular weight is 385 g/mol. The van der Waals surface area contributed by atoms with E-state index in [9.17, 15) is 9.59 Å². The highest BCUT2D eigenvalue weighted by Gasteiger charge is 2.24. The van der Waals surface area contributed by atoms with Crippen molar-refractivity contribution in [3.05, 3.63) is 53.6 Å². The number of carbonyl (C=O) groups is 2. The zero-order valence-electron chi connectivity index (χ0n) is 15.7. The number of carbonyl (C=O) groups excluding carboxylic acids is 2. The molecule has 1 aliphatic heterocycles. The molecular formula is C21H24N2O3S. The van der Waals surface area contributed by atoms with Crippen molar-refractivity contribution in [2.45, 2.75) is 24.7 Å². The molecule has 142 valence electrons. The summed E-state index contributed by atoms with van der Waals surface area (Å²) in [5.74, 6) is 1.26. The fraction of sp³-hybridized carbons (Fsp3) is 0.333. The topological polar surface area (TPSA) is 58.6 Å². The number of para-hydroxylation sites is 1. The van der Waals surface area contributed by atoms with Gasteiger partial charge in [0.25, 0.3) is 0 Å². The first-order valence-electron chi connectivity index (χ1n) is 9.01. The van der Waals surface area contributed by atoms with Crippen LogP contribution < -0.4 is 15.0 Å². The Morgan fingerprint density at radius 1 is 1.26 bits per heavy atom. The molecule has 2 amide bonds. The van der Waals surface area contributed by atoms with E-state index < -0.39 is 0 Å². The van der Waals surface area contributed by atoms with E-state index in [1.54, 1.807) is 23.8 Å². The zero-order valence-corrected chi connectivity index (χ0v) is 16.5. The molecule has 5 nitrogen and oxygen atoms in total. The van der Waals surface area contributed by atoms with Crippen LogP contribution in [0.25, 0.3) is 0 Å². The third kappa shape index (κ3) is 4.83. The third-order valence-electron chi connectivity index (χ3n) is 4.52. The summed E-state index contributed by atoms with van der Waals surface area (Å²) < 4.78 is 5.37. The van der Waals surface area contributed by atoms with E-state index in [2.05, 4.69) is 11.4 Å². The number of amides is 2. The van der Waals surface area contributed by atoms with Gasteiger partial charge in [0.05, 0.1) is 18.6 Å². The van der Waals surface area contributed by atoms with E-state index in [0.29, 0.717) is 25.3 Å². The van der Waals surface area contributed by atoms with Gasteiger partial charge in [-0.25, -0.2) is 0 Å². The lowest BCUT2D eigenvalue weighted by Crippen LogP contribution is -2.38. The van der Waals surface area contributed by atoms with Gasteiger partial charge >= 0.3 is 0 Å². The molecule has 2 aromatic rings. The number of hydrogen-bond donors (Lipinski definition) is 1. The van der Waals surface area contributed by atoms with Crippen molar-refractivity contribution in [3.63, 3.8) is 0 Å². The molecule has 0 bridgehead atoms. The van der Waals surface area contributed by atoms with Crippen LogP contribution >= 0.6 is 11.8 Å². The van der Waals surface area contributed by atoms with Crippen LogP contribution in [0.5, 0.6) is 5.75 Å². The molecule has 1 N–H and O–H groups in total. The Morgan fingerprint density at radius 2 is 2.07 bits per heavy atom. The number of benzene rings is 2. The van der Waals surface area contributed by atoms with E-state index in [-0.39, 0.29) is 18.2 Å².